The second-order valence-electron chi connectivity index (χ2n) is 6.00. The summed E-state index contributed by atoms with van der Waals surface area (Å²) < 4.78 is 0. The average molecular weight is 316 g/mol. The van der Waals surface area contributed by atoms with Crippen molar-refractivity contribution in [3.63, 3.8) is 0 Å². The van der Waals surface area contributed by atoms with Crippen LogP contribution in [0.3, 0.4) is 0 Å². The molecule has 2 heterocycles. The summed E-state index contributed by atoms with van der Waals surface area (Å²) >= 11 is 3.42. The summed E-state index contributed by atoms with van der Waals surface area (Å²) in [4.78, 5) is 13.9. The van der Waals surface area contributed by atoms with Crippen LogP contribution in [0.5, 0.6) is 0 Å². The molecule has 3 atom stereocenters. The van der Waals surface area contributed by atoms with Gasteiger partial charge in [-0.2, -0.15) is 0 Å². The van der Waals surface area contributed by atoms with Crippen LogP contribution in [0.2, 0.25) is 0 Å². The Balaban J connectivity index is 0.000000126. The first-order valence-electron chi connectivity index (χ1n) is 7.38. The van der Waals surface area contributed by atoms with Gasteiger partial charge in [0.05, 0.1) is 4.88 Å². The first kappa shape index (κ1) is 14.7. The molecule has 3 unspecified atom stereocenters. The number of allylic oxidation sites excluding steroid dienone is 1. The first-order chi connectivity index (χ1) is 10.0. The van der Waals surface area contributed by atoms with Crippen molar-refractivity contribution >= 4 is 34.5 Å². The van der Waals surface area contributed by atoms with Crippen LogP contribution in [0, 0.1) is 5.92 Å². The van der Waals surface area contributed by atoms with Gasteiger partial charge in [0, 0.05) is 16.7 Å². The van der Waals surface area contributed by atoms with Gasteiger partial charge in [-0.15, -0.1) is 22.7 Å². The molecule has 2 aliphatic carbocycles. The van der Waals surface area contributed by atoms with Crippen LogP contribution < -0.4 is 0 Å². The smallest absolute Gasteiger partial charge is 0.176 e. The number of ketones is 1. The molecule has 2 aromatic rings. The maximum atomic E-state index is 11.5. The van der Waals surface area contributed by atoms with Gasteiger partial charge >= 0.3 is 0 Å². The molecule has 0 fully saturated rings. The Morgan fingerprint density at radius 1 is 0.952 bits per heavy atom. The Bertz CT molecular complexity index is 704. The second-order valence-corrected chi connectivity index (χ2v) is 7.86. The Morgan fingerprint density at radius 3 is 2.29 bits per heavy atom. The third-order valence-corrected chi connectivity index (χ3v) is 6.63. The molecular weight excluding hydrogens is 296 g/mol. The van der Waals surface area contributed by atoms with Gasteiger partial charge in [0.2, 0.25) is 0 Å². The molecule has 2 aliphatic rings. The van der Waals surface area contributed by atoms with Gasteiger partial charge in [0.25, 0.3) is 0 Å². The summed E-state index contributed by atoms with van der Waals surface area (Å²) in [5, 5.41) is 4.18. The fourth-order valence-corrected chi connectivity index (χ4v) is 5.00. The minimum Gasteiger partial charge on any atom is -0.293 e. The maximum Gasteiger partial charge on any atom is 0.176 e. The fourth-order valence-electron chi connectivity index (χ4n) is 2.96. The lowest BCUT2D eigenvalue weighted by Gasteiger charge is -2.06. The van der Waals surface area contributed by atoms with Gasteiger partial charge in [0.1, 0.15) is 0 Å². The minimum atomic E-state index is 0.206. The van der Waals surface area contributed by atoms with Gasteiger partial charge < -0.3 is 0 Å². The number of rotatable bonds is 0. The topological polar surface area (TPSA) is 17.1 Å². The Hall–Kier alpha value is -1.19. The summed E-state index contributed by atoms with van der Waals surface area (Å²) in [5.41, 5.74) is 4.27. The number of Topliss-reactive ketones (excluding diaryl/α,β-unsaturated/α-hetero) is 1. The number of fused-ring (bicyclic) bond motifs is 2. The Morgan fingerprint density at radius 2 is 1.62 bits per heavy atom. The van der Waals surface area contributed by atoms with E-state index < -0.39 is 0 Å². The molecule has 2 aromatic heterocycles. The van der Waals surface area contributed by atoms with E-state index in [1.165, 1.54) is 21.6 Å². The lowest BCUT2D eigenvalue weighted by atomic mass is 9.97. The van der Waals surface area contributed by atoms with Gasteiger partial charge in [-0.3, -0.25) is 4.79 Å². The highest BCUT2D eigenvalue weighted by Gasteiger charge is 2.34. The molecule has 3 heteroatoms. The number of carbonyl (C=O) groups is 1. The zero-order chi connectivity index (χ0) is 15.1. The number of hydrogen-bond donors (Lipinski definition) is 0. The van der Waals surface area contributed by atoms with Gasteiger partial charge in [-0.1, -0.05) is 26.3 Å². The zero-order valence-electron chi connectivity index (χ0n) is 12.8. The summed E-state index contributed by atoms with van der Waals surface area (Å²) in [6.45, 7) is 8.61. The van der Waals surface area contributed by atoms with E-state index in [0.29, 0.717) is 17.6 Å². The minimum absolute atomic E-state index is 0.206. The molecule has 110 valence electrons. The zero-order valence-corrected chi connectivity index (χ0v) is 14.5. The van der Waals surface area contributed by atoms with Crippen molar-refractivity contribution < 1.29 is 4.79 Å². The normalized spacial score (nSPS) is 26.0. The molecule has 4 rings (SSSR count). The van der Waals surface area contributed by atoms with Gasteiger partial charge in [-0.25, -0.2) is 0 Å². The lowest BCUT2D eigenvalue weighted by Crippen LogP contribution is -2.06. The van der Waals surface area contributed by atoms with Crippen molar-refractivity contribution in [3.8, 4) is 0 Å². The highest BCUT2D eigenvalue weighted by Crippen LogP contribution is 2.40. The monoisotopic (exact) mass is 316 g/mol. The molecule has 0 aromatic carbocycles. The molecule has 1 nitrogen and oxygen atoms in total. The quantitative estimate of drug-likeness (QED) is 0.586. The Kier molecular flexibility index (Phi) is 3.89. The van der Waals surface area contributed by atoms with Crippen molar-refractivity contribution in [2.75, 3.05) is 0 Å². The van der Waals surface area contributed by atoms with Crippen LogP contribution in [0.4, 0.5) is 0 Å². The lowest BCUT2D eigenvalue weighted by molar-refractivity contribution is 0.0940. The summed E-state index contributed by atoms with van der Waals surface area (Å²) in [5.74, 6) is 1.64. The molecule has 0 amide bonds. The van der Waals surface area contributed by atoms with E-state index in [1.54, 1.807) is 11.3 Å². The van der Waals surface area contributed by atoms with E-state index in [2.05, 4.69) is 44.4 Å². The van der Waals surface area contributed by atoms with Gasteiger partial charge in [0.15, 0.2) is 5.78 Å². The van der Waals surface area contributed by atoms with Crippen LogP contribution in [0.25, 0.3) is 6.08 Å². The van der Waals surface area contributed by atoms with E-state index in [4.69, 9.17) is 0 Å². The largest absolute Gasteiger partial charge is 0.293 e. The van der Waals surface area contributed by atoms with E-state index in [0.717, 1.165) is 4.88 Å². The SMILES string of the molecule is CC1=Cc2sccc2C1C.CC1C(=O)c2sccc2C1C. The second kappa shape index (κ2) is 5.54. The average Bonchev–Trinajstić information content (AvgIpc) is 3.19. The van der Waals surface area contributed by atoms with Crippen molar-refractivity contribution in [1.82, 2.24) is 0 Å². The van der Waals surface area contributed by atoms with Crippen molar-refractivity contribution in [3.05, 3.63) is 49.3 Å². The fraction of sp³-hybridized carbons (Fsp3) is 0.389. The number of carbonyl (C=O) groups excluding carboxylic acids is 1. The van der Waals surface area contributed by atoms with E-state index in [9.17, 15) is 4.79 Å². The summed E-state index contributed by atoms with van der Waals surface area (Å²) in [6, 6.07) is 4.31. The Labute approximate surface area is 134 Å². The molecule has 21 heavy (non-hydrogen) atoms. The number of thiophene rings is 2. The summed E-state index contributed by atoms with van der Waals surface area (Å²) in [7, 11) is 0. The third kappa shape index (κ3) is 2.43. The van der Waals surface area contributed by atoms with Gasteiger partial charge in [-0.05, 0) is 52.9 Å². The molecule has 0 bridgehead atoms. The van der Waals surface area contributed by atoms with E-state index >= 15 is 0 Å². The predicted molar refractivity (Wildman–Crippen MR) is 92.6 cm³/mol. The molecule has 0 spiro atoms. The van der Waals surface area contributed by atoms with Crippen molar-refractivity contribution in [1.29, 1.82) is 0 Å². The molecule has 0 saturated heterocycles. The highest BCUT2D eigenvalue weighted by molar-refractivity contribution is 7.12. The maximum absolute atomic E-state index is 11.5. The molecular formula is C18H20OS2. The third-order valence-electron chi connectivity index (χ3n) is 4.81. The molecule has 0 radical (unpaired) electrons. The predicted octanol–water partition coefficient (Wildman–Crippen LogP) is 5.95. The molecule has 0 saturated carbocycles. The van der Waals surface area contributed by atoms with E-state index in [-0.39, 0.29) is 5.92 Å². The van der Waals surface area contributed by atoms with Crippen LogP contribution in [-0.2, 0) is 0 Å². The van der Waals surface area contributed by atoms with Crippen molar-refractivity contribution in [2.45, 2.75) is 39.5 Å². The summed E-state index contributed by atoms with van der Waals surface area (Å²) in [6.07, 6.45) is 2.30. The molecule has 0 N–H and O–H groups in total. The van der Waals surface area contributed by atoms with Crippen LogP contribution in [-0.4, -0.2) is 5.78 Å². The highest BCUT2D eigenvalue weighted by atomic mass is 32.1. The van der Waals surface area contributed by atoms with Crippen LogP contribution in [0.15, 0.2) is 28.5 Å². The number of hydrogen-bond acceptors (Lipinski definition) is 3. The van der Waals surface area contributed by atoms with Crippen LogP contribution in [0.1, 0.15) is 65.2 Å². The van der Waals surface area contributed by atoms with Crippen LogP contribution >= 0.6 is 22.7 Å². The van der Waals surface area contributed by atoms with E-state index in [1.807, 2.05) is 23.6 Å². The van der Waals surface area contributed by atoms with Crippen molar-refractivity contribution in [2.24, 2.45) is 5.92 Å². The molecule has 0 aliphatic heterocycles. The first-order valence-corrected chi connectivity index (χ1v) is 9.13. The standard InChI is InChI=1S/C9H10OS.C9H10S/c1-5-6(2)8(10)9-7(5)3-4-11-9;1-6-5-9-8(7(6)2)3-4-10-9/h3-6H,1-2H3;3-5,7H,1-2H3.